The van der Waals surface area contributed by atoms with Gasteiger partial charge in [0.2, 0.25) is 0 Å². The summed E-state index contributed by atoms with van der Waals surface area (Å²) >= 11 is 0. The highest BCUT2D eigenvalue weighted by atomic mass is 19.1. The molecule has 0 saturated heterocycles. The number of anilines is 1. The molecule has 6 nitrogen and oxygen atoms in total. The fourth-order valence-electron chi connectivity index (χ4n) is 2.40. The van der Waals surface area contributed by atoms with E-state index in [1.807, 2.05) is 0 Å². The van der Waals surface area contributed by atoms with E-state index in [0.717, 1.165) is 0 Å². The first-order valence-corrected chi connectivity index (χ1v) is 7.80. The van der Waals surface area contributed by atoms with Gasteiger partial charge in [-0.15, -0.1) is 0 Å². The van der Waals surface area contributed by atoms with Gasteiger partial charge < -0.3 is 10.1 Å². The largest absolute Gasteiger partial charge is 0.493 e. The molecule has 1 amide bonds. The first-order chi connectivity index (χ1) is 12.5. The summed E-state index contributed by atoms with van der Waals surface area (Å²) in [7, 11) is 1.43. The molecule has 7 heteroatoms. The number of ketones is 1. The predicted molar refractivity (Wildman–Crippen MR) is 94.5 cm³/mol. The zero-order chi connectivity index (χ0) is 18.7. The molecule has 3 aromatic rings. The van der Waals surface area contributed by atoms with Crippen molar-refractivity contribution in [3.05, 3.63) is 71.8 Å². The van der Waals surface area contributed by atoms with Crippen LogP contribution in [0.3, 0.4) is 0 Å². The minimum atomic E-state index is -0.483. The Hall–Kier alpha value is -3.48. The Morgan fingerprint density at radius 3 is 2.54 bits per heavy atom. The van der Waals surface area contributed by atoms with Crippen LogP contribution in [-0.4, -0.2) is 28.6 Å². The molecule has 26 heavy (non-hydrogen) atoms. The van der Waals surface area contributed by atoms with E-state index in [0.29, 0.717) is 16.9 Å². The summed E-state index contributed by atoms with van der Waals surface area (Å²) in [5, 5.41) is 6.92. The molecule has 1 N–H and O–H groups in total. The number of methoxy groups -OCH3 is 1. The third-order valence-electron chi connectivity index (χ3n) is 3.73. The summed E-state index contributed by atoms with van der Waals surface area (Å²) in [6.07, 6.45) is 1.54. The van der Waals surface area contributed by atoms with Gasteiger partial charge in [0, 0.05) is 11.3 Å². The van der Waals surface area contributed by atoms with Gasteiger partial charge in [-0.2, -0.15) is 5.10 Å². The molecule has 0 fully saturated rings. The van der Waals surface area contributed by atoms with Gasteiger partial charge in [0.25, 0.3) is 5.91 Å². The van der Waals surface area contributed by atoms with Crippen LogP contribution in [0.5, 0.6) is 5.75 Å². The Balaban J connectivity index is 1.88. The highest BCUT2D eigenvalue weighted by Gasteiger charge is 2.19. The normalized spacial score (nSPS) is 10.4. The second-order valence-corrected chi connectivity index (χ2v) is 5.56. The number of Topliss-reactive ketones (excluding diaryl/α,β-unsaturated/α-hetero) is 1. The number of amides is 1. The van der Waals surface area contributed by atoms with E-state index in [4.69, 9.17) is 4.74 Å². The second-order valence-electron chi connectivity index (χ2n) is 5.56. The van der Waals surface area contributed by atoms with E-state index in [2.05, 4.69) is 10.4 Å². The average Bonchev–Trinajstić information content (AvgIpc) is 3.07. The van der Waals surface area contributed by atoms with Crippen LogP contribution in [0.4, 0.5) is 10.1 Å². The highest BCUT2D eigenvalue weighted by Crippen LogP contribution is 2.21. The third kappa shape index (κ3) is 3.61. The van der Waals surface area contributed by atoms with E-state index < -0.39 is 5.91 Å². The molecule has 0 aliphatic carbocycles. The number of carbonyl (C=O) groups excluding carboxylic acids is 2. The number of aromatic nitrogens is 2. The Bertz CT molecular complexity index is 964. The SMILES string of the molecule is COc1cn(-c2ccc(F)cc2)nc1C(=O)Nc1cccc(C(C)=O)c1. The number of carbonyl (C=O) groups is 2. The Morgan fingerprint density at radius 1 is 1.15 bits per heavy atom. The van der Waals surface area contributed by atoms with Crippen LogP contribution in [0.25, 0.3) is 5.69 Å². The van der Waals surface area contributed by atoms with Gasteiger partial charge in [0.05, 0.1) is 19.0 Å². The van der Waals surface area contributed by atoms with Crippen LogP contribution in [0.2, 0.25) is 0 Å². The molecule has 0 aliphatic heterocycles. The molecule has 0 saturated carbocycles. The van der Waals surface area contributed by atoms with Gasteiger partial charge in [-0.3, -0.25) is 9.59 Å². The zero-order valence-corrected chi connectivity index (χ0v) is 14.2. The van der Waals surface area contributed by atoms with E-state index in [9.17, 15) is 14.0 Å². The van der Waals surface area contributed by atoms with Gasteiger partial charge in [0.15, 0.2) is 17.2 Å². The molecule has 0 atom stereocenters. The van der Waals surface area contributed by atoms with Crippen LogP contribution < -0.4 is 10.1 Å². The lowest BCUT2D eigenvalue weighted by Crippen LogP contribution is -2.14. The Labute approximate surface area is 149 Å². The number of hydrogen-bond acceptors (Lipinski definition) is 4. The zero-order valence-electron chi connectivity index (χ0n) is 14.2. The van der Waals surface area contributed by atoms with Crippen molar-refractivity contribution in [1.29, 1.82) is 0 Å². The standard InChI is InChI=1S/C19H16FN3O3/c1-12(24)13-4-3-5-15(10-13)21-19(25)18-17(26-2)11-23(22-18)16-8-6-14(20)7-9-16/h3-11H,1-2H3,(H,21,25). The molecule has 0 unspecified atom stereocenters. The minimum absolute atomic E-state index is 0.0741. The number of ether oxygens (including phenoxy) is 1. The summed E-state index contributed by atoms with van der Waals surface area (Å²) in [6.45, 7) is 1.45. The Kier molecular flexibility index (Phi) is 4.79. The van der Waals surface area contributed by atoms with Crippen LogP contribution in [-0.2, 0) is 0 Å². The minimum Gasteiger partial charge on any atom is -0.493 e. The molecule has 1 heterocycles. The molecule has 132 valence electrons. The molecule has 2 aromatic carbocycles. The number of nitrogens with zero attached hydrogens (tertiary/aromatic N) is 2. The summed E-state index contributed by atoms with van der Waals surface area (Å²) in [5.74, 6) is -0.673. The topological polar surface area (TPSA) is 73.2 Å². The lowest BCUT2D eigenvalue weighted by Gasteiger charge is -2.06. The highest BCUT2D eigenvalue weighted by molar-refractivity contribution is 6.05. The summed E-state index contributed by atoms with van der Waals surface area (Å²) < 4.78 is 19.7. The second kappa shape index (κ2) is 7.18. The predicted octanol–water partition coefficient (Wildman–Crippen LogP) is 3.47. The van der Waals surface area contributed by atoms with Crippen molar-refractivity contribution in [3.8, 4) is 11.4 Å². The van der Waals surface area contributed by atoms with Gasteiger partial charge in [-0.05, 0) is 43.3 Å². The maximum absolute atomic E-state index is 13.1. The molecule has 0 bridgehead atoms. The van der Waals surface area contributed by atoms with Crippen LogP contribution in [0, 0.1) is 5.82 Å². The molecule has 0 spiro atoms. The summed E-state index contributed by atoms with van der Waals surface area (Å²) in [4.78, 5) is 24.0. The Morgan fingerprint density at radius 2 is 1.88 bits per heavy atom. The number of nitrogens with one attached hydrogen (secondary N) is 1. The van der Waals surface area contributed by atoms with E-state index in [1.165, 1.54) is 37.0 Å². The van der Waals surface area contributed by atoms with Crippen molar-refractivity contribution in [2.24, 2.45) is 0 Å². The van der Waals surface area contributed by atoms with Crippen molar-refractivity contribution in [2.45, 2.75) is 6.92 Å². The van der Waals surface area contributed by atoms with Crippen LogP contribution in [0.1, 0.15) is 27.8 Å². The molecular weight excluding hydrogens is 337 g/mol. The molecular formula is C19H16FN3O3. The number of hydrogen-bond donors (Lipinski definition) is 1. The van der Waals surface area contributed by atoms with Gasteiger partial charge in [-0.1, -0.05) is 12.1 Å². The maximum atomic E-state index is 13.1. The molecule has 0 radical (unpaired) electrons. The van der Waals surface area contributed by atoms with E-state index >= 15 is 0 Å². The number of halogens is 1. The molecule has 0 aliphatic rings. The third-order valence-corrected chi connectivity index (χ3v) is 3.73. The van der Waals surface area contributed by atoms with Crippen LogP contribution in [0.15, 0.2) is 54.7 Å². The average molecular weight is 353 g/mol. The smallest absolute Gasteiger partial charge is 0.280 e. The summed E-state index contributed by atoms with van der Waals surface area (Å²) in [5.41, 5.74) is 1.63. The van der Waals surface area contributed by atoms with Crippen molar-refractivity contribution in [3.63, 3.8) is 0 Å². The van der Waals surface area contributed by atoms with E-state index in [-0.39, 0.29) is 23.0 Å². The number of benzene rings is 2. The van der Waals surface area contributed by atoms with Gasteiger partial charge in [0.1, 0.15) is 5.82 Å². The van der Waals surface area contributed by atoms with E-state index in [1.54, 1.807) is 36.4 Å². The number of rotatable bonds is 5. The quantitative estimate of drug-likeness (QED) is 0.713. The van der Waals surface area contributed by atoms with Crippen molar-refractivity contribution in [1.82, 2.24) is 9.78 Å². The van der Waals surface area contributed by atoms with Crippen molar-refractivity contribution < 1.29 is 18.7 Å². The fourth-order valence-corrected chi connectivity index (χ4v) is 2.40. The maximum Gasteiger partial charge on any atom is 0.280 e. The van der Waals surface area contributed by atoms with Crippen LogP contribution >= 0.6 is 0 Å². The van der Waals surface area contributed by atoms with Gasteiger partial charge >= 0.3 is 0 Å². The lowest BCUT2D eigenvalue weighted by atomic mass is 10.1. The fraction of sp³-hybridized carbons (Fsp3) is 0.105. The van der Waals surface area contributed by atoms with Crippen molar-refractivity contribution in [2.75, 3.05) is 12.4 Å². The first kappa shape index (κ1) is 17.3. The monoisotopic (exact) mass is 353 g/mol. The summed E-state index contributed by atoms with van der Waals surface area (Å²) in [6, 6.07) is 12.3. The van der Waals surface area contributed by atoms with Gasteiger partial charge in [-0.25, -0.2) is 9.07 Å². The first-order valence-electron chi connectivity index (χ1n) is 7.80. The molecule has 1 aromatic heterocycles. The molecule has 3 rings (SSSR count). The van der Waals surface area contributed by atoms with Crippen molar-refractivity contribution >= 4 is 17.4 Å². The lowest BCUT2D eigenvalue weighted by molar-refractivity contribution is 0.100.